The van der Waals surface area contributed by atoms with E-state index in [1.807, 2.05) is 0 Å². The molecule has 3 aliphatic rings. The molecule has 0 atom stereocenters. The Labute approximate surface area is 133 Å². The predicted octanol–water partition coefficient (Wildman–Crippen LogP) is 0.530. The maximum atomic E-state index is 12.6. The van der Waals surface area contributed by atoms with Gasteiger partial charge in [-0.3, -0.25) is 9.69 Å². The summed E-state index contributed by atoms with van der Waals surface area (Å²) in [6.07, 6.45) is 6.52. The van der Waals surface area contributed by atoms with E-state index in [1.165, 1.54) is 6.42 Å². The first kappa shape index (κ1) is 16.2. The fourth-order valence-electron chi connectivity index (χ4n) is 3.98. The lowest BCUT2D eigenvalue weighted by Crippen LogP contribution is -2.63. The van der Waals surface area contributed by atoms with Gasteiger partial charge in [-0.1, -0.05) is 19.3 Å². The number of carbonyl (C=O) groups is 1. The van der Waals surface area contributed by atoms with Crippen LogP contribution in [0.4, 0.5) is 0 Å². The van der Waals surface area contributed by atoms with Gasteiger partial charge in [-0.15, -0.1) is 0 Å². The zero-order valence-corrected chi connectivity index (χ0v) is 13.9. The molecule has 2 N–H and O–H groups in total. The summed E-state index contributed by atoms with van der Waals surface area (Å²) in [4.78, 5) is 13.5. The van der Waals surface area contributed by atoms with Gasteiger partial charge < -0.3 is 5.73 Å². The molecular weight excluding hydrogens is 302 g/mol. The Morgan fingerprint density at radius 1 is 0.955 bits per heavy atom. The molecule has 6 nitrogen and oxygen atoms in total. The highest BCUT2D eigenvalue weighted by Crippen LogP contribution is 2.31. The molecule has 0 bridgehead atoms. The Morgan fingerprint density at radius 3 is 2.09 bits per heavy atom. The normalized spacial score (nSPS) is 27.6. The lowest BCUT2D eigenvalue weighted by Gasteiger charge is -2.47. The molecule has 3 rings (SSSR count). The van der Waals surface area contributed by atoms with E-state index in [0.29, 0.717) is 19.1 Å². The van der Waals surface area contributed by atoms with Crippen molar-refractivity contribution in [3.05, 3.63) is 0 Å². The predicted molar refractivity (Wildman–Crippen MR) is 84.6 cm³/mol. The number of carbonyl (C=O) groups excluding carboxylic acids is 1. The maximum Gasteiger partial charge on any atom is 0.220 e. The number of nitrogens with two attached hydrogens (primary N) is 1. The van der Waals surface area contributed by atoms with Crippen molar-refractivity contribution in [2.45, 2.75) is 56.2 Å². The smallest absolute Gasteiger partial charge is 0.220 e. The molecule has 1 saturated carbocycles. The molecule has 1 aliphatic carbocycles. The molecule has 0 aromatic rings. The maximum absolute atomic E-state index is 12.6. The fourth-order valence-corrected chi connectivity index (χ4v) is 6.09. The number of likely N-dealkylation sites (tertiary alicyclic amines) is 1. The standard InChI is InChI=1S/C15H27N3O3S/c16-15(19)12-6-8-17(9-7-12)13-10-18(11-13)22(20,21)14-4-2-1-3-5-14/h12-14H,1-11H2,(H2,16,19). The van der Waals surface area contributed by atoms with Gasteiger partial charge in [0.2, 0.25) is 15.9 Å². The highest BCUT2D eigenvalue weighted by Gasteiger charge is 2.43. The Kier molecular flexibility index (Phi) is 4.75. The Balaban J connectivity index is 1.49. The lowest BCUT2D eigenvalue weighted by atomic mass is 9.94. The van der Waals surface area contributed by atoms with Crippen LogP contribution < -0.4 is 5.73 Å². The SMILES string of the molecule is NC(=O)C1CCN(C2CN(S(=O)(=O)C3CCCCC3)C2)CC1. The number of sulfonamides is 1. The average molecular weight is 329 g/mol. The summed E-state index contributed by atoms with van der Waals surface area (Å²) in [5.41, 5.74) is 5.35. The first-order valence-corrected chi connectivity index (χ1v) is 10.0. The van der Waals surface area contributed by atoms with Crippen molar-refractivity contribution in [3.63, 3.8) is 0 Å². The van der Waals surface area contributed by atoms with Crippen molar-refractivity contribution in [1.82, 2.24) is 9.21 Å². The summed E-state index contributed by atoms with van der Waals surface area (Å²) in [7, 11) is -3.09. The molecule has 2 saturated heterocycles. The highest BCUT2D eigenvalue weighted by atomic mass is 32.2. The van der Waals surface area contributed by atoms with E-state index in [4.69, 9.17) is 5.73 Å². The van der Waals surface area contributed by atoms with Gasteiger partial charge in [0.1, 0.15) is 0 Å². The summed E-state index contributed by atoms with van der Waals surface area (Å²) in [6.45, 7) is 2.96. The quantitative estimate of drug-likeness (QED) is 0.815. The van der Waals surface area contributed by atoms with Crippen molar-refractivity contribution in [1.29, 1.82) is 0 Å². The summed E-state index contributed by atoms with van der Waals surface area (Å²) in [5, 5.41) is -0.150. The largest absolute Gasteiger partial charge is 0.369 e. The molecule has 2 aliphatic heterocycles. The topological polar surface area (TPSA) is 83.7 Å². The molecule has 0 aromatic heterocycles. The minimum atomic E-state index is -3.09. The Morgan fingerprint density at radius 2 is 1.55 bits per heavy atom. The molecule has 1 amide bonds. The molecule has 2 heterocycles. The zero-order chi connectivity index (χ0) is 15.7. The molecule has 126 valence electrons. The number of primary amides is 1. The minimum Gasteiger partial charge on any atom is -0.369 e. The molecule has 0 aromatic carbocycles. The first-order valence-electron chi connectivity index (χ1n) is 8.51. The van der Waals surface area contributed by atoms with Crippen molar-refractivity contribution in [3.8, 4) is 0 Å². The molecule has 0 radical (unpaired) electrons. The van der Waals surface area contributed by atoms with E-state index in [-0.39, 0.29) is 17.1 Å². The van der Waals surface area contributed by atoms with Gasteiger partial charge >= 0.3 is 0 Å². The first-order chi connectivity index (χ1) is 10.5. The Hall–Kier alpha value is -0.660. The minimum absolute atomic E-state index is 0.00148. The number of amides is 1. The van der Waals surface area contributed by atoms with Crippen molar-refractivity contribution in [2.75, 3.05) is 26.2 Å². The van der Waals surface area contributed by atoms with Gasteiger partial charge in [-0.05, 0) is 38.8 Å². The van der Waals surface area contributed by atoms with Crippen LogP contribution in [-0.2, 0) is 14.8 Å². The third-order valence-corrected chi connectivity index (χ3v) is 7.94. The van der Waals surface area contributed by atoms with Crippen LogP contribution >= 0.6 is 0 Å². The van der Waals surface area contributed by atoms with Crippen LogP contribution in [0, 0.1) is 5.92 Å². The second-order valence-corrected chi connectivity index (χ2v) is 9.20. The van der Waals surface area contributed by atoms with E-state index in [0.717, 1.165) is 51.6 Å². The van der Waals surface area contributed by atoms with Crippen molar-refractivity contribution >= 4 is 15.9 Å². The van der Waals surface area contributed by atoms with Crippen LogP contribution in [-0.4, -0.2) is 61.0 Å². The van der Waals surface area contributed by atoms with Crippen LogP contribution in [0.15, 0.2) is 0 Å². The van der Waals surface area contributed by atoms with E-state index in [1.54, 1.807) is 4.31 Å². The van der Waals surface area contributed by atoms with Gasteiger partial charge in [0.05, 0.1) is 5.25 Å². The van der Waals surface area contributed by atoms with E-state index < -0.39 is 10.0 Å². The molecule has 3 fully saturated rings. The third kappa shape index (κ3) is 3.16. The third-order valence-electron chi connectivity index (χ3n) is 5.61. The van der Waals surface area contributed by atoms with Crippen LogP contribution in [0.5, 0.6) is 0 Å². The zero-order valence-electron chi connectivity index (χ0n) is 13.1. The number of piperidine rings is 1. The molecule has 7 heteroatoms. The monoisotopic (exact) mass is 329 g/mol. The molecular formula is C15H27N3O3S. The van der Waals surface area contributed by atoms with E-state index in [2.05, 4.69) is 4.90 Å². The Bertz CT molecular complexity index is 502. The molecule has 22 heavy (non-hydrogen) atoms. The van der Waals surface area contributed by atoms with Crippen LogP contribution in [0.3, 0.4) is 0 Å². The number of hydrogen-bond donors (Lipinski definition) is 1. The van der Waals surface area contributed by atoms with Gasteiger partial charge in [0.15, 0.2) is 0 Å². The summed E-state index contributed by atoms with van der Waals surface area (Å²) < 4.78 is 26.8. The van der Waals surface area contributed by atoms with Gasteiger partial charge in [0, 0.05) is 25.0 Å². The number of hydrogen-bond acceptors (Lipinski definition) is 4. The van der Waals surface area contributed by atoms with E-state index in [9.17, 15) is 13.2 Å². The second-order valence-electron chi connectivity index (χ2n) is 6.99. The van der Waals surface area contributed by atoms with Crippen LogP contribution in [0.1, 0.15) is 44.9 Å². The average Bonchev–Trinajstić information content (AvgIpc) is 2.47. The lowest BCUT2D eigenvalue weighted by molar-refractivity contribution is -0.123. The molecule has 0 spiro atoms. The molecule has 0 unspecified atom stereocenters. The fraction of sp³-hybridized carbons (Fsp3) is 0.933. The van der Waals surface area contributed by atoms with Gasteiger partial charge in [-0.25, -0.2) is 8.42 Å². The highest BCUT2D eigenvalue weighted by molar-refractivity contribution is 7.89. The number of rotatable bonds is 4. The summed E-state index contributed by atoms with van der Waals surface area (Å²) >= 11 is 0. The van der Waals surface area contributed by atoms with Gasteiger partial charge in [0.25, 0.3) is 0 Å². The summed E-state index contributed by atoms with van der Waals surface area (Å²) in [6, 6.07) is 0.326. The summed E-state index contributed by atoms with van der Waals surface area (Å²) in [5.74, 6) is -0.201. The second kappa shape index (κ2) is 6.45. The number of nitrogens with zero attached hydrogens (tertiary/aromatic N) is 2. The van der Waals surface area contributed by atoms with Crippen LogP contribution in [0.25, 0.3) is 0 Å². The van der Waals surface area contributed by atoms with Crippen LogP contribution in [0.2, 0.25) is 0 Å². The van der Waals surface area contributed by atoms with Crippen molar-refractivity contribution < 1.29 is 13.2 Å². The van der Waals surface area contributed by atoms with Gasteiger partial charge in [-0.2, -0.15) is 4.31 Å². The van der Waals surface area contributed by atoms with Crippen molar-refractivity contribution in [2.24, 2.45) is 11.7 Å². The van der Waals surface area contributed by atoms with E-state index >= 15 is 0 Å².